The third-order valence-corrected chi connectivity index (χ3v) is 7.46. The zero-order chi connectivity index (χ0) is 24.1. The maximum Gasteiger partial charge on any atom is 0.416 e. The maximum absolute atomic E-state index is 13.0. The number of hydrogen-bond donors (Lipinski definition) is 1. The van der Waals surface area contributed by atoms with Gasteiger partial charge in [-0.25, -0.2) is 8.42 Å². The number of halogens is 3. The Balaban J connectivity index is 1.64. The largest absolute Gasteiger partial charge is 0.496 e. The fraction of sp³-hybridized carbons (Fsp3) is 0.435. The van der Waals surface area contributed by atoms with Gasteiger partial charge in [-0.3, -0.25) is 4.79 Å². The Labute approximate surface area is 191 Å². The molecule has 0 aliphatic carbocycles. The van der Waals surface area contributed by atoms with Gasteiger partial charge in [0.25, 0.3) is 0 Å². The van der Waals surface area contributed by atoms with Gasteiger partial charge in [0, 0.05) is 26.1 Å². The fourth-order valence-electron chi connectivity index (χ4n) is 3.76. The van der Waals surface area contributed by atoms with Crippen LogP contribution in [0.5, 0.6) is 5.75 Å². The maximum atomic E-state index is 13.0. The molecule has 0 atom stereocenters. The summed E-state index contributed by atoms with van der Waals surface area (Å²) in [6.07, 6.45) is -1.53. The molecule has 0 unspecified atom stereocenters. The molecule has 1 saturated heterocycles. The van der Waals surface area contributed by atoms with E-state index in [2.05, 4.69) is 5.32 Å². The van der Waals surface area contributed by atoms with Crippen molar-refractivity contribution in [2.75, 3.05) is 20.2 Å². The Morgan fingerprint density at radius 2 is 1.82 bits per heavy atom. The molecule has 1 aliphatic rings. The van der Waals surface area contributed by atoms with Crippen molar-refractivity contribution < 1.29 is 31.1 Å². The number of hydrogen-bond acceptors (Lipinski definition) is 4. The molecule has 1 N–H and O–H groups in total. The summed E-state index contributed by atoms with van der Waals surface area (Å²) in [6, 6.07) is 9.38. The number of aryl methyl sites for hydroxylation is 1. The van der Waals surface area contributed by atoms with Crippen LogP contribution >= 0.6 is 0 Å². The third kappa shape index (κ3) is 6.48. The summed E-state index contributed by atoms with van der Waals surface area (Å²) < 4.78 is 71.2. The van der Waals surface area contributed by atoms with Crippen LogP contribution in [0.4, 0.5) is 13.2 Å². The number of alkyl halides is 3. The number of piperidine rings is 1. The minimum Gasteiger partial charge on any atom is -0.496 e. The molecule has 0 saturated carbocycles. The molecule has 0 aromatic heterocycles. The van der Waals surface area contributed by atoms with Crippen molar-refractivity contribution in [1.82, 2.24) is 9.62 Å². The van der Waals surface area contributed by atoms with Crippen LogP contribution in [0, 0.1) is 0 Å². The first kappa shape index (κ1) is 25.0. The Morgan fingerprint density at radius 1 is 1.09 bits per heavy atom. The second-order valence-electron chi connectivity index (χ2n) is 7.91. The lowest BCUT2D eigenvalue weighted by Gasteiger charge is -2.26. The van der Waals surface area contributed by atoms with Gasteiger partial charge in [-0.1, -0.05) is 18.6 Å². The van der Waals surface area contributed by atoms with Crippen LogP contribution in [0.1, 0.15) is 42.4 Å². The van der Waals surface area contributed by atoms with E-state index in [1.165, 1.54) is 35.7 Å². The van der Waals surface area contributed by atoms with Gasteiger partial charge < -0.3 is 10.1 Å². The highest BCUT2D eigenvalue weighted by atomic mass is 32.2. The van der Waals surface area contributed by atoms with E-state index in [0.717, 1.165) is 31.4 Å². The van der Waals surface area contributed by atoms with E-state index in [1.54, 1.807) is 6.07 Å². The smallest absolute Gasteiger partial charge is 0.416 e. The predicted octanol–water partition coefficient (Wildman–Crippen LogP) is 4.14. The fourth-order valence-corrected chi connectivity index (χ4v) is 5.33. The highest BCUT2D eigenvalue weighted by molar-refractivity contribution is 7.89. The van der Waals surface area contributed by atoms with Gasteiger partial charge in [0.05, 0.1) is 17.6 Å². The minimum absolute atomic E-state index is 0.0303. The van der Waals surface area contributed by atoms with Gasteiger partial charge in [-0.15, -0.1) is 0 Å². The van der Waals surface area contributed by atoms with E-state index in [1.807, 2.05) is 0 Å². The SMILES string of the molecule is COc1ccc(S(=O)(=O)N2CCCCC2)cc1CCC(=O)NCc1cccc(C(F)(F)F)c1. The van der Waals surface area contributed by atoms with Crippen LogP contribution in [0.15, 0.2) is 47.4 Å². The Hall–Kier alpha value is -2.59. The van der Waals surface area contributed by atoms with Crippen LogP contribution < -0.4 is 10.1 Å². The first-order valence-electron chi connectivity index (χ1n) is 10.7. The number of carbonyl (C=O) groups excluding carboxylic acids is 1. The molecule has 33 heavy (non-hydrogen) atoms. The molecule has 1 aliphatic heterocycles. The summed E-state index contributed by atoms with van der Waals surface area (Å²) in [5.41, 5.74) is 0.140. The monoisotopic (exact) mass is 484 g/mol. The van der Waals surface area contributed by atoms with Crippen molar-refractivity contribution in [3.8, 4) is 5.75 Å². The summed E-state index contributed by atoms with van der Waals surface area (Å²) in [4.78, 5) is 12.5. The summed E-state index contributed by atoms with van der Waals surface area (Å²) in [7, 11) is -2.16. The van der Waals surface area contributed by atoms with Gasteiger partial charge in [0.15, 0.2) is 0 Å². The molecular formula is C23H27F3N2O4S. The zero-order valence-corrected chi connectivity index (χ0v) is 19.1. The highest BCUT2D eigenvalue weighted by Crippen LogP contribution is 2.30. The molecule has 2 aromatic rings. The predicted molar refractivity (Wildman–Crippen MR) is 117 cm³/mol. The zero-order valence-electron chi connectivity index (χ0n) is 18.3. The highest BCUT2D eigenvalue weighted by Gasteiger charge is 2.30. The van der Waals surface area contributed by atoms with Gasteiger partial charge in [0.2, 0.25) is 15.9 Å². The minimum atomic E-state index is -4.45. The molecular weight excluding hydrogens is 457 g/mol. The standard InChI is InChI=1S/C23H27F3N2O4S/c1-32-21-10-9-20(33(30,31)28-12-3-2-4-13-28)15-18(21)8-11-22(29)27-16-17-6-5-7-19(14-17)23(24,25)26/h5-7,9-10,14-15H,2-4,8,11-13,16H2,1H3,(H,27,29). The molecule has 2 aromatic carbocycles. The molecule has 0 spiro atoms. The quantitative estimate of drug-likeness (QED) is 0.611. The van der Waals surface area contributed by atoms with Gasteiger partial charge in [-0.2, -0.15) is 17.5 Å². The molecule has 0 bridgehead atoms. The van der Waals surface area contributed by atoms with Crippen molar-refractivity contribution in [1.29, 1.82) is 0 Å². The number of methoxy groups -OCH3 is 1. The Kier molecular flexibility index (Phi) is 8.01. The van der Waals surface area contributed by atoms with Crippen molar-refractivity contribution in [3.63, 3.8) is 0 Å². The lowest BCUT2D eigenvalue weighted by Crippen LogP contribution is -2.35. The van der Waals surface area contributed by atoms with Crippen molar-refractivity contribution in [2.45, 2.75) is 49.7 Å². The van der Waals surface area contributed by atoms with Gasteiger partial charge in [-0.05, 0) is 60.7 Å². The average Bonchev–Trinajstić information content (AvgIpc) is 2.81. The van der Waals surface area contributed by atoms with E-state index in [9.17, 15) is 26.4 Å². The molecule has 180 valence electrons. The van der Waals surface area contributed by atoms with Crippen LogP contribution in [0.2, 0.25) is 0 Å². The number of rotatable bonds is 8. The van der Waals surface area contributed by atoms with Crippen LogP contribution in [0.3, 0.4) is 0 Å². The van der Waals surface area contributed by atoms with Crippen molar-refractivity contribution in [2.24, 2.45) is 0 Å². The number of nitrogens with one attached hydrogen (secondary N) is 1. The molecule has 1 amide bonds. The first-order valence-corrected chi connectivity index (χ1v) is 12.1. The Bertz CT molecular complexity index is 1080. The summed E-state index contributed by atoms with van der Waals surface area (Å²) in [5, 5.41) is 2.61. The number of benzene rings is 2. The third-order valence-electron chi connectivity index (χ3n) is 5.57. The van der Waals surface area contributed by atoms with E-state index in [4.69, 9.17) is 4.74 Å². The topological polar surface area (TPSA) is 75.7 Å². The van der Waals surface area contributed by atoms with Gasteiger partial charge in [0.1, 0.15) is 5.75 Å². The summed E-state index contributed by atoms with van der Waals surface area (Å²) in [5.74, 6) is 0.108. The van der Waals surface area contributed by atoms with Crippen LogP contribution in [-0.2, 0) is 34.0 Å². The second-order valence-corrected chi connectivity index (χ2v) is 9.85. The van der Waals surface area contributed by atoms with Crippen LogP contribution in [0.25, 0.3) is 0 Å². The van der Waals surface area contributed by atoms with Crippen molar-refractivity contribution in [3.05, 3.63) is 59.2 Å². The second kappa shape index (κ2) is 10.6. The lowest BCUT2D eigenvalue weighted by atomic mass is 10.1. The molecule has 3 rings (SSSR count). The summed E-state index contributed by atoms with van der Waals surface area (Å²) in [6.45, 7) is 0.937. The number of sulfonamides is 1. The van der Waals surface area contributed by atoms with Crippen LogP contribution in [-0.4, -0.2) is 38.8 Å². The van der Waals surface area contributed by atoms with E-state index in [0.29, 0.717) is 30.0 Å². The number of amides is 1. The van der Waals surface area contributed by atoms with E-state index < -0.39 is 21.8 Å². The normalized spacial score (nSPS) is 15.3. The van der Waals surface area contributed by atoms with E-state index >= 15 is 0 Å². The molecule has 6 nitrogen and oxygen atoms in total. The molecule has 10 heteroatoms. The first-order chi connectivity index (χ1) is 15.6. The number of nitrogens with zero attached hydrogens (tertiary/aromatic N) is 1. The lowest BCUT2D eigenvalue weighted by molar-refractivity contribution is -0.137. The van der Waals surface area contributed by atoms with Gasteiger partial charge >= 0.3 is 6.18 Å². The van der Waals surface area contributed by atoms with E-state index in [-0.39, 0.29) is 30.2 Å². The average molecular weight is 485 g/mol. The molecule has 1 heterocycles. The number of carbonyl (C=O) groups is 1. The number of ether oxygens (including phenoxy) is 1. The Morgan fingerprint density at radius 3 is 2.48 bits per heavy atom. The summed E-state index contributed by atoms with van der Waals surface area (Å²) >= 11 is 0. The molecule has 0 radical (unpaired) electrons. The van der Waals surface area contributed by atoms with Crippen molar-refractivity contribution >= 4 is 15.9 Å². The molecule has 1 fully saturated rings.